The molecule has 0 saturated carbocycles. The smallest absolute Gasteiger partial charge is 0.195 e. The zero-order chi connectivity index (χ0) is 11.3. The minimum atomic E-state index is 0.433. The number of H-pyrrole nitrogens is 1. The summed E-state index contributed by atoms with van der Waals surface area (Å²) in [6.45, 7) is 6.54. The van der Waals surface area contributed by atoms with Gasteiger partial charge >= 0.3 is 0 Å². The quantitative estimate of drug-likeness (QED) is 0.781. The van der Waals surface area contributed by atoms with Crippen molar-refractivity contribution < 1.29 is 0 Å². The third kappa shape index (κ3) is 3.34. The first kappa shape index (κ1) is 12.8. The molecule has 5 heteroatoms. The highest BCUT2D eigenvalue weighted by Crippen LogP contribution is 2.16. The molecule has 86 valence electrons. The average molecular weight is 245 g/mol. The van der Waals surface area contributed by atoms with Gasteiger partial charge < -0.3 is 4.57 Å². The van der Waals surface area contributed by atoms with Crippen LogP contribution >= 0.6 is 24.0 Å². The maximum Gasteiger partial charge on any atom is 0.195 e. The number of nitrogens with one attached hydrogen (secondary N) is 1. The minimum Gasteiger partial charge on any atom is -0.300 e. The molecule has 0 aliphatic rings. The van der Waals surface area contributed by atoms with Crippen LogP contribution in [-0.4, -0.2) is 26.3 Å². The lowest BCUT2D eigenvalue weighted by Gasteiger charge is -2.14. The number of aryl methyl sites for hydroxylation is 1. The molecule has 0 aromatic carbocycles. The number of aromatic amines is 1. The van der Waals surface area contributed by atoms with E-state index in [1.165, 1.54) is 0 Å². The fourth-order valence-electron chi connectivity index (χ4n) is 1.55. The van der Waals surface area contributed by atoms with Gasteiger partial charge in [-0.3, -0.25) is 5.10 Å². The van der Waals surface area contributed by atoms with Gasteiger partial charge in [0.2, 0.25) is 0 Å². The van der Waals surface area contributed by atoms with Crippen molar-refractivity contribution in [3.63, 3.8) is 0 Å². The molecule has 15 heavy (non-hydrogen) atoms. The van der Waals surface area contributed by atoms with Gasteiger partial charge in [0.25, 0.3) is 0 Å². The number of aromatic nitrogens is 3. The summed E-state index contributed by atoms with van der Waals surface area (Å²) in [5.74, 6) is 3.34. The van der Waals surface area contributed by atoms with Gasteiger partial charge in [-0.15, -0.1) is 0 Å². The van der Waals surface area contributed by atoms with E-state index in [1.807, 2.05) is 11.8 Å². The highest BCUT2D eigenvalue weighted by molar-refractivity contribution is 7.99. The molecular weight excluding hydrogens is 226 g/mol. The van der Waals surface area contributed by atoms with Gasteiger partial charge in [-0.2, -0.15) is 16.9 Å². The van der Waals surface area contributed by atoms with Crippen LogP contribution in [-0.2, 0) is 6.42 Å². The lowest BCUT2D eigenvalue weighted by molar-refractivity contribution is 0.565. The summed E-state index contributed by atoms with van der Waals surface area (Å²) in [5.41, 5.74) is 0. The van der Waals surface area contributed by atoms with Crippen molar-refractivity contribution in [3.8, 4) is 0 Å². The normalized spacial score (nSPS) is 13.0. The van der Waals surface area contributed by atoms with Crippen molar-refractivity contribution >= 4 is 24.0 Å². The minimum absolute atomic E-state index is 0.433. The molecular formula is C10H19N3S2. The van der Waals surface area contributed by atoms with Gasteiger partial charge in [0.15, 0.2) is 4.77 Å². The van der Waals surface area contributed by atoms with E-state index in [0.717, 1.165) is 34.9 Å². The summed E-state index contributed by atoms with van der Waals surface area (Å²) in [4.78, 5) is 0. The SMILES string of the molecule is CCCc1n[nH]c(=S)n1C(C)CSCC. The van der Waals surface area contributed by atoms with Crippen LogP contribution in [0.2, 0.25) is 0 Å². The van der Waals surface area contributed by atoms with Crippen LogP contribution in [0.1, 0.15) is 39.1 Å². The van der Waals surface area contributed by atoms with Crippen LogP contribution in [0.25, 0.3) is 0 Å². The maximum absolute atomic E-state index is 5.25. The summed E-state index contributed by atoms with van der Waals surface area (Å²) in [7, 11) is 0. The predicted octanol–water partition coefficient (Wildman–Crippen LogP) is 3.21. The fourth-order valence-corrected chi connectivity index (χ4v) is 2.61. The highest BCUT2D eigenvalue weighted by atomic mass is 32.2. The van der Waals surface area contributed by atoms with E-state index >= 15 is 0 Å². The Labute approximate surface area is 101 Å². The van der Waals surface area contributed by atoms with Crippen LogP contribution in [0.3, 0.4) is 0 Å². The lowest BCUT2D eigenvalue weighted by Crippen LogP contribution is -2.12. The summed E-state index contributed by atoms with van der Waals surface area (Å²) in [6, 6.07) is 0.433. The summed E-state index contributed by atoms with van der Waals surface area (Å²) in [5, 5.41) is 7.16. The molecule has 3 nitrogen and oxygen atoms in total. The zero-order valence-electron chi connectivity index (χ0n) is 9.62. The second kappa shape index (κ2) is 6.33. The maximum atomic E-state index is 5.25. The number of hydrogen-bond acceptors (Lipinski definition) is 3. The van der Waals surface area contributed by atoms with E-state index in [4.69, 9.17) is 12.2 Å². The van der Waals surface area contributed by atoms with Crippen molar-refractivity contribution in [2.45, 2.75) is 39.7 Å². The Balaban J connectivity index is 2.80. The van der Waals surface area contributed by atoms with E-state index in [-0.39, 0.29) is 0 Å². The zero-order valence-corrected chi connectivity index (χ0v) is 11.2. The van der Waals surface area contributed by atoms with E-state index in [2.05, 4.69) is 35.5 Å². The molecule has 1 rings (SSSR count). The summed E-state index contributed by atoms with van der Waals surface area (Å²) >= 11 is 7.19. The van der Waals surface area contributed by atoms with Crippen molar-refractivity contribution in [2.24, 2.45) is 0 Å². The third-order valence-corrected chi connectivity index (χ3v) is 3.67. The number of rotatable bonds is 6. The van der Waals surface area contributed by atoms with Gasteiger partial charge in [-0.25, -0.2) is 0 Å². The Bertz CT molecular complexity index is 343. The molecule has 0 aliphatic carbocycles. The molecule has 0 spiro atoms. The van der Waals surface area contributed by atoms with E-state index in [0.29, 0.717) is 6.04 Å². The highest BCUT2D eigenvalue weighted by Gasteiger charge is 2.11. The van der Waals surface area contributed by atoms with Crippen molar-refractivity contribution in [3.05, 3.63) is 10.6 Å². The molecule has 1 heterocycles. The Morgan fingerprint density at radius 1 is 1.53 bits per heavy atom. The Hall–Kier alpha value is -0.290. The van der Waals surface area contributed by atoms with Crippen LogP contribution in [0.5, 0.6) is 0 Å². The molecule has 1 unspecified atom stereocenters. The molecule has 0 aliphatic heterocycles. The van der Waals surface area contributed by atoms with Crippen LogP contribution < -0.4 is 0 Å². The van der Waals surface area contributed by atoms with Crippen molar-refractivity contribution in [1.82, 2.24) is 14.8 Å². The average Bonchev–Trinajstić information content (AvgIpc) is 2.57. The molecule has 1 aromatic rings. The van der Waals surface area contributed by atoms with E-state index in [9.17, 15) is 0 Å². The monoisotopic (exact) mass is 245 g/mol. The molecule has 0 bridgehead atoms. The second-order valence-corrected chi connectivity index (χ2v) is 5.28. The first-order chi connectivity index (χ1) is 7.20. The number of thioether (sulfide) groups is 1. The van der Waals surface area contributed by atoms with Gasteiger partial charge in [-0.1, -0.05) is 13.8 Å². The Morgan fingerprint density at radius 3 is 2.87 bits per heavy atom. The molecule has 0 amide bonds. The molecule has 0 saturated heterocycles. The first-order valence-corrected chi connectivity index (χ1v) is 7.00. The van der Waals surface area contributed by atoms with E-state index in [1.54, 1.807) is 0 Å². The topological polar surface area (TPSA) is 33.6 Å². The van der Waals surface area contributed by atoms with Crippen molar-refractivity contribution in [2.75, 3.05) is 11.5 Å². The standard InChI is InChI=1S/C10H19N3S2/c1-4-6-9-11-12-10(14)13(9)8(3)7-15-5-2/h8H,4-7H2,1-3H3,(H,12,14). The fraction of sp³-hybridized carbons (Fsp3) is 0.800. The predicted molar refractivity (Wildman–Crippen MR) is 69.1 cm³/mol. The Morgan fingerprint density at radius 2 is 2.27 bits per heavy atom. The lowest BCUT2D eigenvalue weighted by atomic mass is 10.3. The van der Waals surface area contributed by atoms with Crippen LogP contribution in [0, 0.1) is 4.77 Å². The van der Waals surface area contributed by atoms with Gasteiger partial charge in [-0.05, 0) is 31.3 Å². The van der Waals surface area contributed by atoms with Crippen molar-refractivity contribution in [1.29, 1.82) is 0 Å². The summed E-state index contributed by atoms with van der Waals surface area (Å²) in [6.07, 6.45) is 2.10. The van der Waals surface area contributed by atoms with Gasteiger partial charge in [0.1, 0.15) is 5.82 Å². The number of nitrogens with zero attached hydrogens (tertiary/aromatic N) is 2. The second-order valence-electron chi connectivity index (χ2n) is 3.57. The Kier molecular flexibility index (Phi) is 5.39. The molecule has 1 N–H and O–H groups in total. The van der Waals surface area contributed by atoms with Gasteiger partial charge in [0.05, 0.1) is 0 Å². The largest absolute Gasteiger partial charge is 0.300 e. The molecule has 0 fully saturated rings. The van der Waals surface area contributed by atoms with Crippen LogP contribution in [0.15, 0.2) is 0 Å². The van der Waals surface area contributed by atoms with E-state index < -0.39 is 0 Å². The third-order valence-electron chi connectivity index (χ3n) is 2.26. The summed E-state index contributed by atoms with van der Waals surface area (Å²) < 4.78 is 2.91. The molecule has 1 aromatic heterocycles. The first-order valence-electron chi connectivity index (χ1n) is 5.44. The number of hydrogen-bond donors (Lipinski definition) is 1. The van der Waals surface area contributed by atoms with Gasteiger partial charge in [0, 0.05) is 18.2 Å². The van der Waals surface area contributed by atoms with Crippen LogP contribution in [0.4, 0.5) is 0 Å². The molecule has 0 radical (unpaired) electrons. The molecule has 1 atom stereocenters.